The van der Waals surface area contributed by atoms with Crippen molar-refractivity contribution in [3.63, 3.8) is 0 Å². The Labute approximate surface area is 168 Å². The molecule has 2 atom stereocenters. The second-order valence-corrected chi connectivity index (χ2v) is 7.86. The largest absolute Gasteiger partial charge is 0.504 e. The Morgan fingerprint density at radius 1 is 0.607 bits per heavy atom. The lowest BCUT2D eigenvalue weighted by molar-refractivity contribution is 0.279. The number of phenols is 4. The SMILES string of the molecule is CCCCC[C@H](Cc1ccc(O)c(O)c1)[C@H](CCC)Cc1ccc(O)c(O)c1. The monoisotopic (exact) mass is 386 g/mol. The lowest BCUT2D eigenvalue weighted by Gasteiger charge is -2.28. The van der Waals surface area contributed by atoms with Crippen molar-refractivity contribution >= 4 is 0 Å². The number of hydrogen-bond donors (Lipinski definition) is 4. The maximum absolute atomic E-state index is 9.86. The fraction of sp³-hybridized carbons (Fsp3) is 0.500. The number of benzene rings is 2. The molecule has 2 aromatic carbocycles. The van der Waals surface area contributed by atoms with Crippen LogP contribution in [0.25, 0.3) is 0 Å². The van der Waals surface area contributed by atoms with E-state index in [0.29, 0.717) is 11.8 Å². The fourth-order valence-electron chi connectivity index (χ4n) is 4.03. The van der Waals surface area contributed by atoms with Crippen LogP contribution in [0.1, 0.15) is 63.5 Å². The quantitative estimate of drug-likeness (QED) is 0.286. The number of rotatable bonds is 11. The fourth-order valence-corrected chi connectivity index (χ4v) is 4.03. The van der Waals surface area contributed by atoms with Crippen LogP contribution in [-0.2, 0) is 12.8 Å². The number of phenolic OH excluding ortho intramolecular Hbond substituents is 4. The van der Waals surface area contributed by atoms with Crippen LogP contribution in [-0.4, -0.2) is 20.4 Å². The minimum atomic E-state index is -0.0881. The zero-order valence-electron chi connectivity index (χ0n) is 17.1. The van der Waals surface area contributed by atoms with Crippen molar-refractivity contribution in [2.45, 2.75) is 65.2 Å². The minimum Gasteiger partial charge on any atom is -0.504 e. The predicted octanol–water partition coefficient (Wildman–Crippen LogP) is 5.91. The minimum absolute atomic E-state index is 0.0692. The van der Waals surface area contributed by atoms with Gasteiger partial charge in [0.1, 0.15) is 0 Å². The van der Waals surface area contributed by atoms with E-state index in [9.17, 15) is 20.4 Å². The lowest BCUT2D eigenvalue weighted by atomic mass is 9.77. The van der Waals surface area contributed by atoms with E-state index in [2.05, 4.69) is 13.8 Å². The van der Waals surface area contributed by atoms with E-state index in [1.165, 1.54) is 19.3 Å². The number of unbranched alkanes of at least 4 members (excludes halogenated alkanes) is 2. The highest BCUT2D eigenvalue weighted by Gasteiger charge is 2.22. The molecule has 0 saturated heterocycles. The molecule has 0 aliphatic heterocycles. The summed E-state index contributed by atoms with van der Waals surface area (Å²) in [6, 6.07) is 10.2. The van der Waals surface area contributed by atoms with Crippen LogP contribution in [0.5, 0.6) is 23.0 Å². The van der Waals surface area contributed by atoms with Gasteiger partial charge in [-0.3, -0.25) is 0 Å². The normalized spacial score (nSPS) is 13.4. The molecule has 28 heavy (non-hydrogen) atoms. The Bertz CT molecular complexity index is 741. The topological polar surface area (TPSA) is 80.9 Å². The summed E-state index contributed by atoms with van der Waals surface area (Å²) in [4.78, 5) is 0. The summed E-state index contributed by atoms with van der Waals surface area (Å²) in [5, 5.41) is 38.9. The molecule has 0 radical (unpaired) electrons. The van der Waals surface area contributed by atoms with Gasteiger partial charge in [-0.2, -0.15) is 0 Å². The van der Waals surface area contributed by atoms with Crippen LogP contribution in [0.3, 0.4) is 0 Å². The molecule has 0 amide bonds. The third-order valence-electron chi connectivity index (χ3n) is 5.58. The highest BCUT2D eigenvalue weighted by atomic mass is 16.3. The summed E-state index contributed by atoms with van der Waals surface area (Å²) in [5.74, 6) is 0.581. The Hall–Kier alpha value is -2.36. The first-order valence-electron chi connectivity index (χ1n) is 10.5. The Morgan fingerprint density at radius 2 is 1.11 bits per heavy atom. The first-order chi connectivity index (χ1) is 13.4. The van der Waals surface area contributed by atoms with Gasteiger partial charge in [0, 0.05) is 0 Å². The van der Waals surface area contributed by atoms with Crippen molar-refractivity contribution in [3.8, 4) is 23.0 Å². The molecular formula is C24H34O4. The Kier molecular flexibility index (Phi) is 8.49. The van der Waals surface area contributed by atoms with Gasteiger partial charge >= 0.3 is 0 Å². The van der Waals surface area contributed by atoms with E-state index in [1.54, 1.807) is 24.3 Å². The van der Waals surface area contributed by atoms with Gasteiger partial charge in [-0.25, -0.2) is 0 Å². The maximum Gasteiger partial charge on any atom is 0.157 e. The molecule has 0 aromatic heterocycles. The molecule has 0 aliphatic carbocycles. The lowest BCUT2D eigenvalue weighted by Crippen LogP contribution is -2.20. The van der Waals surface area contributed by atoms with E-state index < -0.39 is 0 Å². The molecule has 0 bridgehead atoms. The molecule has 0 fully saturated rings. The van der Waals surface area contributed by atoms with Gasteiger partial charge in [0.05, 0.1) is 0 Å². The smallest absolute Gasteiger partial charge is 0.157 e. The molecule has 154 valence electrons. The Balaban J connectivity index is 2.21. The van der Waals surface area contributed by atoms with Crippen LogP contribution in [0.4, 0.5) is 0 Å². The molecule has 0 spiro atoms. The summed E-state index contributed by atoms with van der Waals surface area (Å²) in [6.45, 7) is 4.40. The van der Waals surface area contributed by atoms with Crippen molar-refractivity contribution in [1.82, 2.24) is 0 Å². The van der Waals surface area contributed by atoms with Crippen LogP contribution in [0, 0.1) is 11.8 Å². The zero-order valence-corrected chi connectivity index (χ0v) is 17.1. The third-order valence-corrected chi connectivity index (χ3v) is 5.58. The van der Waals surface area contributed by atoms with E-state index in [-0.39, 0.29) is 23.0 Å². The van der Waals surface area contributed by atoms with Gasteiger partial charge in [-0.05, 0) is 66.5 Å². The van der Waals surface area contributed by atoms with Crippen LogP contribution >= 0.6 is 0 Å². The predicted molar refractivity (Wildman–Crippen MR) is 113 cm³/mol. The van der Waals surface area contributed by atoms with Crippen molar-refractivity contribution in [3.05, 3.63) is 47.5 Å². The average molecular weight is 387 g/mol. The maximum atomic E-state index is 9.86. The van der Waals surface area contributed by atoms with Crippen molar-refractivity contribution in [2.75, 3.05) is 0 Å². The Morgan fingerprint density at radius 3 is 1.54 bits per heavy atom. The standard InChI is InChI=1S/C24H34O4/c1-3-5-6-8-20(14-18-10-12-22(26)24(28)16-18)19(7-4-2)13-17-9-11-21(25)23(27)15-17/h9-12,15-16,19-20,25-28H,3-8,13-14H2,1-2H3/t19-,20-/m1/s1. The molecule has 4 nitrogen and oxygen atoms in total. The van der Waals surface area contributed by atoms with Crippen molar-refractivity contribution < 1.29 is 20.4 Å². The van der Waals surface area contributed by atoms with Gasteiger partial charge in [-0.15, -0.1) is 0 Å². The van der Waals surface area contributed by atoms with E-state index in [1.807, 2.05) is 12.1 Å². The molecule has 4 heteroatoms. The molecular weight excluding hydrogens is 352 g/mol. The van der Waals surface area contributed by atoms with Gasteiger partial charge in [0.25, 0.3) is 0 Å². The van der Waals surface area contributed by atoms with E-state index in [0.717, 1.165) is 43.2 Å². The summed E-state index contributed by atoms with van der Waals surface area (Å²) in [5.41, 5.74) is 2.06. The van der Waals surface area contributed by atoms with E-state index >= 15 is 0 Å². The van der Waals surface area contributed by atoms with Gasteiger partial charge in [-0.1, -0.05) is 58.1 Å². The molecule has 0 aliphatic rings. The first kappa shape index (κ1) is 21.9. The molecule has 2 rings (SSSR count). The second-order valence-electron chi connectivity index (χ2n) is 7.86. The summed E-state index contributed by atoms with van der Waals surface area (Å²) in [7, 11) is 0. The van der Waals surface area contributed by atoms with Gasteiger partial charge in [0.15, 0.2) is 23.0 Å². The first-order valence-corrected chi connectivity index (χ1v) is 10.5. The summed E-state index contributed by atoms with van der Waals surface area (Å²) >= 11 is 0. The highest BCUT2D eigenvalue weighted by molar-refractivity contribution is 5.41. The highest BCUT2D eigenvalue weighted by Crippen LogP contribution is 2.34. The average Bonchev–Trinajstić information content (AvgIpc) is 2.66. The van der Waals surface area contributed by atoms with Gasteiger partial charge < -0.3 is 20.4 Å². The van der Waals surface area contributed by atoms with Gasteiger partial charge in [0.2, 0.25) is 0 Å². The van der Waals surface area contributed by atoms with Crippen molar-refractivity contribution in [1.29, 1.82) is 0 Å². The van der Waals surface area contributed by atoms with E-state index in [4.69, 9.17) is 0 Å². The molecule has 0 heterocycles. The number of hydrogen-bond acceptors (Lipinski definition) is 4. The molecule has 0 saturated carbocycles. The number of aromatic hydroxyl groups is 4. The zero-order chi connectivity index (χ0) is 20.5. The summed E-state index contributed by atoms with van der Waals surface area (Å²) < 4.78 is 0. The molecule has 4 N–H and O–H groups in total. The summed E-state index contributed by atoms with van der Waals surface area (Å²) in [6.07, 6.45) is 8.54. The third kappa shape index (κ3) is 6.36. The second kappa shape index (κ2) is 10.8. The van der Waals surface area contributed by atoms with Crippen LogP contribution in [0.2, 0.25) is 0 Å². The van der Waals surface area contributed by atoms with Crippen molar-refractivity contribution in [2.24, 2.45) is 11.8 Å². The van der Waals surface area contributed by atoms with Crippen LogP contribution in [0.15, 0.2) is 36.4 Å². The molecule has 0 unspecified atom stereocenters. The molecule has 2 aromatic rings. The van der Waals surface area contributed by atoms with Crippen LogP contribution < -0.4 is 0 Å².